The number of benzene rings is 1. The van der Waals surface area contributed by atoms with Crippen LogP contribution in [0.4, 0.5) is 5.69 Å². The summed E-state index contributed by atoms with van der Waals surface area (Å²) in [5, 5.41) is 9.78. The van der Waals surface area contributed by atoms with Crippen LogP contribution in [0.5, 0.6) is 5.75 Å². The van der Waals surface area contributed by atoms with Gasteiger partial charge in [-0.05, 0) is 31.5 Å². The fourth-order valence-corrected chi connectivity index (χ4v) is 2.45. The second-order valence-corrected chi connectivity index (χ2v) is 5.55. The summed E-state index contributed by atoms with van der Waals surface area (Å²) < 4.78 is 6.99. The minimum atomic E-state index is -0.216. The van der Waals surface area contributed by atoms with Gasteiger partial charge in [-0.1, -0.05) is 6.07 Å². The number of carbonyl (C=O) groups excluding carboxylic acids is 2. The van der Waals surface area contributed by atoms with E-state index in [1.165, 1.54) is 0 Å². The first-order chi connectivity index (χ1) is 11.0. The van der Waals surface area contributed by atoms with E-state index in [1.807, 2.05) is 26.0 Å². The molecule has 1 aliphatic heterocycles. The third-order valence-corrected chi connectivity index (χ3v) is 3.96. The Morgan fingerprint density at radius 2 is 2.26 bits per heavy atom. The SMILES string of the molecule is Cc1c(C(=O)N[C@@H](C)c2ccc3c(c2)NC(=O)CO3)cnn1C. The third kappa shape index (κ3) is 2.90. The maximum Gasteiger partial charge on any atom is 0.262 e. The lowest BCUT2D eigenvalue weighted by molar-refractivity contribution is -0.118. The van der Waals surface area contributed by atoms with Crippen LogP contribution in [-0.2, 0) is 11.8 Å². The number of aryl methyl sites for hydroxylation is 1. The van der Waals surface area contributed by atoms with Gasteiger partial charge in [0.2, 0.25) is 0 Å². The van der Waals surface area contributed by atoms with Crippen LogP contribution in [0.25, 0.3) is 0 Å². The fourth-order valence-electron chi connectivity index (χ4n) is 2.45. The van der Waals surface area contributed by atoms with Crippen molar-refractivity contribution >= 4 is 17.5 Å². The molecule has 3 rings (SSSR count). The van der Waals surface area contributed by atoms with E-state index in [9.17, 15) is 9.59 Å². The molecule has 23 heavy (non-hydrogen) atoms. The van der Waals surface area contributed by atoms with Crippen LogP contribution >= 0.6 is 0 Å². The highest BCUT2D eigenvalue weighted by molar-refractivity contribution is 5.96. The van der Waals surface area contributed by atoms with E-state index >= 15 is 0 Å². The van der Waals surface area contributed by atoms with E-state index in [2.05, 4.69) is 15.7 Å². The average Bonchev–Trinajstić information content (AvgIpc) is 2.86. The molecule has 1 aromatic heterocycles. The Bertz CT molecular complexity index is 782. The van der Waals surface area contributed by atoms with Gasteiger partial charge in [0.05, 0.1) is 23.5 Å². The lowest BCUT2D eigenvalue weighted by Gasteiger charge is -2.21. The molecule has 2 N–H and O–H groups in total. The van der Waals surface area contributed by atoms with Crippen LogP contribution in [0.2, 0.25) is 0 Å². The van der Waals surface area contributed by atoms with Gasteiger partial charge < -0.3 is 15.4 Å². The summed E-state index contributed by atoms with van der Waals surface area (Å²) in [7, 11) is 1.79. The molecule has 0 unspecified atom stereocenters. The van der Waals surface area contributed by atoms with Crippen molar-refractivity contribution in [1.82, 2.24) is 15.1 Å². The van der Waals surface area contributed by atoms with Gasteiger partial charge in [0, 0.05) is 12.7 Å². The fraction of sp³-hybridized carbons (Fsp3) is 0.312. The number of ether oxygens (including phenoxy) is 1. The Morgan fingerprint density at radius 3 is 2.96 bits per heavy atom. The van der Waals surface area contributed by atoms with E-state index in [-0.39, 0.29) is 24.5 Å². The number of aromatic nitrogens is 2. The van der Waals surface area contributed by atoms with Crippen LogP contribution in [-0.4, -0.2) is 28.2 Å². The van der Waals surface area contributed by atoms with Gasteiger partial charge in [-0.2, -0.15) is 5.10 Å². The second kappa shape index (κ2) is 5.75. The predicted octanol–water partition coefficient (Wildman–Crippen LogP) is 1.55. The molecule has 2 amide bonds. The molecule has 0 bridgehead atoms. The Hall–Kier alpha value is -2.83. The molecule has 7 heteroatoms. The maximum absolute atomic E-state index is 12.3. The minimum absolute atomic E-state index is 0.0267. The lowest BCUT2D eigenvalue weighted by atomic mass is 10.1. The highest BCUT2D eigenvalue weighted by Crippen LogP contribution is 2.30. The summed E-state index contributed by atoms with van der Waals surface area (Å²) in [4.78, 5) is 23.7. The Kier molecular flexibility index (Phi) is 3.77. The summed E-state index contributed by atoms with van der Waals surface area (Å²) in [6.07, 6.45) is 1.55. The first-order valence-electron chi connectivity index (χ1n) is 7.32. The molecular formula is C16H18N4O3. The van der Waals surface area contributed by atoms with Gasteiger partial charge in [-0.25, -0.2) is 0 Å². The summed E-state index contributed by atoms with van der Waals surface area (Å²) >= 11 is 0. The molecule has 0 radical (unpaired) electrons. The smallest absolute Gasteiger partial charge is 0.262 e. The van der Waals surface area contributed by atoms with Crippen molar-refractivity contribution < 1.29 is 14.3 Å². The summed E-state index contributed by atoms with van der Waals surface area (Å²) in [5.41, 5.74) is 2.86. The largest absolute Gasteiger partial charge is 0.482 e. The van der Waals surface area contributed by atoms with Crippen LogP contribution in [0.15, 0.2) is 24.4 Å². The Balaban J connectivity index is 1.77. The molecule has 1 aliphatic rings. The van der Waals surface area contributed by atoms with Crippen molar-refractivity contribution in [2.45, 2.75) is 19.9 Å². The topological polar surface area (TPSA) is 85.2 Å². The standard InChI is InChI=1S/C16H18N4O3/c1-9(18-16(22)12-7-17-20(3)10(12)2)11-4-5-14-13(6-11)19-15(21)8-23-14/h4-7,9H,8H2,1-3H3,(H,18,22)(H,19,21)/t9-/m0/s1. The van der Waals surface area contributed by atoms with Crippen LogP contribution in [0, 0.1) is 6.92 Å². The molecule has 1 aromatic carbocycles. The Morgan fingerprint density at radius 1 is 1.48 bits per heavy atom. The van der Waals surface area contributed by atoms with E-state index in [1.54, 1.807) is 24.0 Å². The number of fused-ring (bicyclic) bond motifs is 1. The molecule has 7 nitrogen and oxygen atoms in total. The second-order valence-electron chi connectivity index (χ2n) is 5.55. The zero-order valence-corrected chi connectivity index (χ0v) is 13.2. The van der Waals surface area contributed by atoms with E-state index < -0.39 is 0 Å². The normalized spacial score (nSPS) is 14.5. The quantitative estimate of drug-likeness (QED) is 0.900. The predicted molar refractivity (Wildman–Crippen MR) is 84.4 cm³/mol. The van der Waals surface area contributed by atoms with Crippen LogP contribution < -0.4 is 15.4 Å². The number of hydrogen-bond acceptors (Lipinski definition) is 4. The van der Waals surface area contributed by atoms with Crippen molar-refractivity contribution in [3.05, 3.63) is 41.2 Å². The van der Waals surface area contributed by atoms with E-state index in [4.69, 9.17) is 4.74 Å². The number of nitrogens with zero attached hydrogens (tertiary/aromatic N) is 2. The number of hydrogen-bond donors (Lipinski definition) is 2. The van der Waals surface area contributed by atoms with E-state index in [0.717, 1.165) is 11.3 Å². The first kappa shape index (κ1) is 15.1. The zero-order chi connectivity index (χ0) is 16.6. The van der Waals surface area contributed by atoms with Crippen molar-refractivity contribution in [2.75, 3.05) is 11.9 Å². The number of carbonyl (C=O) groups is 2. The first-order valence-corrected chi connectivity index (χ1v) is 7.32. The van der Waals surface area contributed by atoms with Gasteiger partial charge in [0.25, 0.3) is 11.8 Å². The third-order valence-electron chi connectivity index (χ3n) is 3.96. The van der Waals surface area contributed by atoms with Gasteiger partial charge in [0.1, 0.15) is 5.75 Å². The van der Waals surface area contributed by atoms with Gasteiger partial charge in [-0.3, -0.25) is 14.3 Å². The van der Waals surface area contributed by atoms with Crippen LogP contribution in [0.3, 0.4) is 0 Å². The van der Waals surface area contributed by atoms with Gasteiger partial charge in [-0.15, -0.1) is 0 Å². The molecular weight excluding hydrogens is 296 g/mol. The monoisotopic (exact) mass is 314 g/mol. The average molecular weight is 314 g/mol. The molecule has 0 spiro atoms. The van der Waals surface area contributed by atoms with Gasteiger partial charge in [0.15, 0.2) is 6.61 Å². The van der Waals surface area contributed by atoms with Crippen molar-refractivity contribution in [3.63, 3.8) is 0 Å². The molecule has 120 valence electrons. The van der Waals surface area contributed by atoms with Crippen molar-refractivity contribution in [1.29, 1.82) is 0 Å². The zero-order valence-electron chi connectivity index (χ0n) is 13.2. The number of anilines is 1. The van der Waals surface area contributed by atoms with Gasteiger partial charge >= 0.3 is 0 Å². The molecule has 0 fully saturated rings. The highest BCUT2D eigenvalue weighted by atomic mass is 16.5. The summed E-state index contributed by atoms with van der Waals surface area (Å²) in [5.74, 6) is 0.272. The summed E-state index contributed by atoms with van der Waals surface area (Å²) in [6, 6.07) is 5.26. The number of amides is 2. The maximum atomic E-state index is 12.3. The lowest BCUT2D eigenvalue weighted by Crippen LogP contribution is -2.28. The molecule has 2 aromatic rings. The Labute approximate surface area is 133 Å². The molecule has 1 atom stereocenters. The summed E-state index contributed by atoms with van der Waals surface area (Å²) in [6.45, 7) is 3.76. The highest BCUT2D eigenvalue weighted by Gasteiger charge is 2.19. The molecule has 0 saturated carbocycles. The minimum Gasteiger partial charge on any atom is -0.482 e. The van der Waals surface area contributed by atoms with Crippen LogP contribution in [0.1, 0.15) is 34.6 Å². The number of nitrogens with one attached hydrogen (secondary N) is 2. The van der Waals surface area contributed by atoms with Crippen molar-refractivity contribution in [3.8, 4) is 5.75 Å². The molecule has 2 heterocycles. The molecule has 0 aliphatic carbocycles. The number of rotatable bonds is 3. The molecule has 0 saturated heterocycles. The van der Waals surface area contributed by atoms with E-state index in [0.29, 0.717) is 17.0 Å². The van der Waals surface area contributed by atoms with Crippen molar-refractivity contribution in [2.24, 2.45) is 7.05 Å².